The van der Waals surface area contributed by atoms with Crippen LogP contribution in [0.2, 0.25) is 0 Å². The molecule has 398 valence electrons. The van der Waals surface area contributed by atoms with Crippen molar-refractivity contribution >= 4 is 11.9 Å². The summed E-state index contributed by atoms with van der Waals surface area (Å²) in [6.45, 7) is 3.32. The van der Waals surface area contributed by atoms with Crippen LogP contribution in [0.3, 0.4) is 0 Å². The summed E-state index contributed by atoms with van der Waals surface area (Å²) in [5, 5.41) is 40.3. The van der Waals surface area contributed by atoms with E-state index in [1.54, 1.807) is 0 Å². The number of hydrogen-bond acceptors (Lipinski definition) is 10. The molecule has 10 nitrogen and oxygen atoms in total. The predicted molar refractivity (Wildman–Crippen MR) is 284 cm³/mol. The molecule has 1 fully saturated rings. The smallest absolute Gasteiger partial charge is 0.306 e. The van der Waals surface area contributed by atoms with E-state index in [1.165, 1.54) is 109 Å². The Labute approximate surface area is 421 Å². The molecular formula is C59H102O10. The van der Waals surface area contributed by atoms with E-state index in [1.807, 2.05) is 0 Å². The van der Waals surface area contributed by atoms with E-state index in [9.17, 15) is 30.0 Å². The number of rotatable bonds is 47. The first kappa shape index (κ1) is 64.2. The molecule has 1 saturated heterocycles. The Bertz CT molecular complexity index is 1350. The lowest BCUT2D eigenvalue weighted by molar-refractivity contribution is -0.305. The summed E-state index contributed by atoms with van der Waals surface area (Å²) in [5.41, 5.74) is 0. The van der Waals surface area contributed by atoms with E-state index in [0.717, 1.165) is 89.9 Å². The van der Waals surface area contributed by atoms with Crippen molar-refractivity contribution in [3.05, 3.63) is 72.9 Å². The lowest BCUT2D eigenvalue weighted by atomic mass is 9.99. The number of hydrogen-bond donors (Lipinski definition) is 4. The van der Waals surface area contributed by atoms with Gasteiger partial charge in [0.15, 0.2) is 12.4 Å². The standard InChI is InChI=1S/C59H102O10/c1-3-5-7-9-11-13-15-17-19-21-23-25-26-28-30-32-34-36-38-40-42-44-46-48-55(62)68-52(51-67-59-58(65)57(64)56(63)53(49-60)69-59)50-66-54(61)47-45-43-41-39-37-35-33-31-29-27-24-22-20-18-16-14-12-10-8-6-4-2/h5,7,11,13,16-19,22-25,52-53,56-60,63-65H,3-4,6,8-10,12,14-15,20-21,26-51H2,1-2H3/b7-5-,13-11-,18-16-,19-17-,24-22-,25-23-. The minimum atomic E-state index is -1.60. The first-order chi connectivity index (χ1) is 33.8. The topological polar surface area (TPSA) is 152 Å². The Balaban J connectivity index is 2.23. The number of carbonyl (C=O) groups is 2. The van der Waals surface area contributed by atoms with Gasteiger partial charge < -0.3 is 39.4 Å². The molecule has 1 rings (SSSR count). The summed E-state index contributed by atoms with van der Waals surface area (Å²) in [4.78, 5) is 25.5. The van der Waals surface area contributed by atoms with Crippen LogP contribution < -0.4 is 0 Å². The maximum atomic E-state index is 12.9. The van der Waals surface area contributed by atoms with Gasteiger partial charge in [-0.1, -0.05) is 209 Å². The number of aliphatic hydroxyl groups is 4. The fourth-order valence-electron chi connectivity index (χ4n) is 8.21. The lowest BCUT2D eigenvalue weighted by Gasteiger charge is -2.39. The maximum Gasteiger partial charge on any atom is 0.306 e. The summed E-state index contributed by atoms with van der Waals surface area (Å²) >= 11 is 0. The summed E-state index contributed by atoms with van der Waals surface area (Å²) in [6.07, 6.45) is 56.2. The van der Waals surface area contributed by atoms with Crippen LogP contribution in [0.5, 0.6) is 0 Å². The van der Waals surface area contributed by atoms with Crippen molar-refractivity contribution in [2.75, 3.05) is 19.8 Å². The van der Waals surface area contributed by atoms with Crippen molar-refractivity contribution in [1.29, 1.82) is 0 Å². The van der Waals surface area contributed by atoms with Gasteiger partial charge in [-0.15, -0.1) is 0 Å². The minimum absolute atomic E-state index is 0.221. The Hall–Kier alpha value is -2.86. The second kappa shape index (κ2) is 48.8. The van der Waals surface area contributed by atoms with E-state index in [-0.39, 0.29) is 32.0 Å². The van der Waals surface area contributed by atoms with E-state index in [0.29, 0.717) is 6.42 Å². The molecule has 0 aromatic rings. The molecule has 0 aromatic carbocycles. The SMILES string of the molecule is CC/C=C\C/C=C\C/C=C\C/C=C\CCCCCCCCCCCCC(=O)OC(COC(=O)CCCCCCCCCCC/C=C\C/C=C\CCCCCCC)COC1OC(CO)C(O)C(O)C1O. The van der Waals surface area contributed by atoms with Crippen molar-refractivity contribution < 1.29 is 49.0 Å². The molecule has 0 spiro atoms. The van der Waals surface area contributed by atoms with E-state index < -0.39 is 49.4 Å². The van der Waals surface area contributed by atoms with Gasteiger partial charge in [-0.2, -0.15) is 0 Å². The molecule has 6 unspecified atom stereocenters. The number of aliphatic hydroxyl groups excluding tert-OH is 4. The number of carbonyl (C=O) groups excluding carboxylic acids is 2. The molecule has 0 aromatic heterocycles. The van der Waals surface area contributed by atoms with Crippen molar-refractivity contribution in [1.82, 2.24) is 0 Å². The average Bonchev–Trinajstić information content (AvgIpc) is 3.35. The van der Waals surface area contributed by atoms with Crippen LogP contribution in [0, 0.1) is 0 Å². The molecule has 1 heterocycles. The van der Waals surface area contributed by atoms with Gasteiger partial charge in [0.1, 0.15) is 31.0 Å². The molecule has 1 aliphatic heterocycles. The lowest BCUT2D eigenvalue weighted by Crippen LogP contribution is -2.59. The number of unbranched alkanes of at least 4 members (excludes halogenated alkanes) is 24. The van der Waals surface area contributed by atoms with Gasteiger partial charge in [0, 0.05) is 12.8 Å². The monoisotopic (exact) mass is 971 g/mol. The highest BCUT2D eigenvalue weighted by atomic mass is 16.7. The van der Waals surface area contributed by atoms with E-state index in [4.69, 9.17) is 18.9 Å². The molecular weight excluding hydrogens is 869 g/mol. The molecule has 0 bridgehead atoms. The maximum absolute atomic E-state index is 12.9. The Kier molecular flexibility index (Phi) is 45.3. The van der Waals surface area contributed by atoms with Crippen LogP contribution in [0.25, 0.3) is 0 Å². The van der Waals surface area contributed by atoms with Gasteiger partial charge in [-0.25, -0.2) is 0 Å². The molecule has 0 radical (unpaired) electrons. The van der Waals surface area contributed by atoms with Gasteiger partial charge in [0.05, 0.1) is 13.2 Å². The zero-order chi connectivity index (χ0) is 50.1. The Morgan fingerprint density at radius 1 is 0.464 bits per heavy atom. The molecule has 4 N–H and O–H groups in total. The van der Waals surface area contributed by atoms with Crippen molar-refractivity contribution in [3.8, 4) is 0 Å². The molecule has 0 amide bonds. The first-order valence-electron chi connectivity index (χ1n) is 28.0. The number of ether oxygens (including phenoxy) is 4. The largest absolute Gasteiger partial charge is 0.462 e. The van der Waals surface area contributed by atoms with Crippen LogP contribution >= 0.6 is 0 Å². The Morgan fingerprint density at radius 3 is 1.29 bits per heavy atom. The third kappa shape index (κ3) is 39.4. The molecule has 69 heavy (non-hydrogen) atoms. The Morgan fingerprint density at radius 2 is 0.855 bits per heavy atom. The van der Waals surface area contributed by atoms with Crippen LogP contribution in [0.15, 0.2) is 72.9 Å². The minimum Gasteiger partial charge on any atom is -0.462 e. The zero-order valence-corrected chi connectivity index (χ0v) is 43.8. The zero-order valence-electron chi connectivity index (χ0n) is 43.8. The van der Waals surface area contributed by atoms with Crippen molar-refractivity contribution in [3.63, 3.8) is 0 Å². The summed E-state index contributed by atoms with van der Waals surface area (Å²) in [6, 6.07) is 0. The fraction of sp³-hybridized carbons (Fsp3) is 0.763. The van der Waals surface area contributed by atoms with Gasteiger partial charge >= 0.3 is 11.9 Å². The molecule has 0 aliphatic carbocycles. The van der Waals surface area contributed by atoms with Crippen LogP contribution in [-0.2, 0) is 28.5 Å². The van der Waals surface area contributed by atoms with Crippen molar-refractivity contribution in [2.45, 2.75) is 269 Å². The van der Waals surface area contributed by atoms with Gasteiger partial charge in [0.2, 0.25) is 0 Å². The highest BCUT2D eigenvalue weighted by molar-refractivity contribution is 5.70. The predicted octanol–water partition coefficient (Wildman–Crippen LogP) is 13.9. The summed E-state index contributed by atoms with van der Waals surface area (Å²) in [7, 11) is 0. The molecule has 10 heteroatoms. The third-order valence-electron chi connectivity index (χ3n) is 12.6. The van der Waals surface area contributed by atoms with Crippen molar-refractivity contribution in [2.24, 2.45) is 0 Å². The highest BCUT2D eigenvalue weighted by Crippen LogP contribution is 2.23. The summed E-state index contributed by atoms with van der Waals surface area (Å²) < 4.78 is 22.3. The second-order valence-electron chi connectivity index (χ2n) is 19.0. The second-order valence-corrected chi connectivity index (χ2v) is 19.0. The highest BCUT2D eigenvalue weighted by Gasteiger charge is 2.44. The normalized spacial score (nSPS) is 19.4. The molecule has 0 saturated carbocycles. The van der Waals surface area contributed by atoms with E-state index >= 15 is 0 Å². The average molecular weight is 971 g/mol. The number of esters is 2. The van der Waals surface area contributed by atoms with E-state index in [2.05, 4.69) is 86.8 Å². The molecule has 6 atom stereocenters. The quantitative estimate of drug-likeness (QED) is 0.0263. The molecule has 1 aliphatic rings. The van der Waals surface area contributed by atoms with Gasteiger partial charge in [0.25, 0.3) is 0 Å². The van der Waals surface area contributed by atoms with Gasteiger partial charge in [-0.3, -0.25) is 9.59 Å². The fourth-order valence-corrected chi connectivity index (χ4v) is 8.21. The summed E-state index contributed by atoms with van der Waals surface area (Å²) in [5.74, 6) is -0.814. The van der Waals surface area contributed by atoms with Crippen LogP contribution in [-0.4, -0.2) is 89.0 Å². The van der Waals surface area contributed by atoms with Gasteiger partial charge in [-0.05, 0) is 83.5 Å². The third-order valence-corrected chi connectivity index (χ3v) is 12.6. The number of allylic oxidation sites excluding steroid dienone is 12. The van der Waals surface area contributed by atoms with Crippen LogP contribution in [0.4, 0.5) is 0 Å². The van der Waals surface area contributed by atoms with Crippen LogP contribution in [0.1, 0.15) is 232 Å². The first-order valence-corrected chi connectivity index (χ1v) is 28.0.